The summed E-state index contributed by atoms with van der Waals surface area (Å²) in [6.45, 7) is 3.21. The Hall–Kier alpha value is -2.20. The van der Waals surface area contributed by atoms with Gasteiger partial charge in [-0.3, -0.25) is 0 Å². The Morgan fingerprint density at radius 3 is 2.42 bits per heavy atom. The average Bonchev–Trinajstić information content (AvgIpc) is 3.03. The molecule has 0 saturated heterocycles. The number of fused-ring (bicyclic) bond motifs is 1. The maximum Gasteiger partial charge on any atom is 0.161 e. The number of unbranched alkanes of at least 4 members (excludes halogenated alkanes) is 3. The van der Waals surface area contributed by atoms with E-state index < -0.39 is 0 Å². The molecule has 4 nitrogen and oxygen atoms in total. The lowest BCUT2D eigenvalue weighted by Crippen LogP contribution is -2.01. The molecular formula is C21H27ClN2O2. The van der Waals surface area contributed by atoms with Crippen molar-refractivity contribution in [3.63, 3.8) is 0 Å². The van der Waals surface area contributed by atoms with Crippen LogP contribution >= 0.6 is 12.4 Å². The van der Waals surface area contributed by atoms with Gasteiger partial charge in [0.15, 0.2) is 11.5 Å². The largest absolute Gasteiger partial charge is 0.493 e. The molecule has 1 heterocycles. The SMILES string of the molecule is CCCCCCn1c(-c2ccc(OC)c(OC)c2)nc2ccccc21.Cl. The second kappa shape index (κ2) is 9.48. The molecule has 0 fully saturated rings. The predicted molar refractivity (Wildman–Crippen MR) is 110 cm³/mol. The average molecular weight is 375 g/mol. The molecule has 0 unspecified atom stereocenters. The number of aromatic nitrogens is 2. The number of hydrogen-bond donors (Lipinski definition) is 0. The van der Waals surface area contributed by atoms with Gasteiger partial charge in [0, 0.05) is 12.1 Å². The zero-order chi connectivity index (χ0) is 17.6. The Bertz CT molecular complexity index is 845. The first kappa shape index (κ1) is 20.1. The monoisotopic (exact) mass is 374 g/mol. The van der Waals surface area contributed by atoms with Crippen molar-refractivity contribution in [1.82, 2.24) is 9.55 Å². The third-order valence-corrected chi connectivity index (χ3v) is 4.53. The molecule has 2 aromatic carbocycles. The minimum atomic E-state index is 0. The van der Waals surface area contributed by atoms with Gasteiger partial charge in [-0.2, -0.15) is 0 Å². The molecule has 5 heteroatoms. The minimum Gasteiger partial charge on any atom is -0.493 e. The summed E-state index contributed by atoms with van der Waals surface area (Å²) in [5.41, 5.74) is 3.26. The van der Waals surface area contributed by atoms with Gasteiger partial charge in [0.25, 0.3) is 0 Å². The summed E-state index contributed by atoms with van der Waals surface area (Å²) < 4.78 is 13.1. The fourth-order valence-corrected chi connectivity index (χ4v) is 3.19. The second-order valence-electron chi connectivity index (χ2n) is 6.21. The highest BCUT2D eigenvalue weighted by Crippen LogP contribution is 2.33. The molecule has 0 radical (unpaired) electrons. The number of benzene rings is 2. The van der Waals surface area contributed by atoms with E-state index in [1.54, 1.807) is 14.2 Å². The molecule has 0 amide bonds. The summed E-state index contributed by atoms with van der Waals surface area (Å²) in [5, 5.41) is 0. The van der Waals surface area contributed by atoms with Crippen molar-refractivity contribution in [1.29, 1.82) is 0 Å². The molecule has 1 aromatic heterocycles. The van der Waals surface area contributed by atoms with E-state index in [0.29, 0.717) is 0 Å². The molecule has 0 N–H and O–H groups in total. The van der Waals surface area contributed by atoms with E-state index in [1.807, 2.05) is 24.3 Å². The molecule has 0 bridgehead atoms. The maximum atomic E-state index is 5.46. The Kier molecular flexibility index (Phi) is 7.34. The molecule has 0 aliphatic heterocycles. The van der Waals surface area contributed by atoms with Gasteiger partial charge >= 0.3 is 0 Å². The summed E-state index contributed by atoms with van der Waals surface area (Å²) in [6.07, 6.45) is 4.92. The number of ether oxygens (including phenoxy) is 2. The molecule has 0 spiro atoms. The van der Waals surface area contributed by atoms with E-state index in [9.17, 15) is 0 Å². The lowest BCUT2D eigenvalue weighted by Gasteiger charge is -2.12. The van der Waals surface area contributed by atoms with Crippen LogP contribution in [0.3, 0.4) is 0 Å². The van der Waals surface area contributed by atoms with E-state index >= 15 is 0 Å². The van der Waals surface area contributed by atoms with Gasteiger partial charge in [0.1, 0.15) is 5.82 Å². The fraction of sp³-hybridized carbons (Fsp3) is 0.381. The van der Waals surface area contributed by atoms with Gasteiger partial charge in [-0.15, -0.1) is 12.4 Å². The van der Waals surface area contributed by atoms with Crippen molar-refractivity contribution in [2.45, 2.75) is 39.2 Å². The highest BCUT2D eigenvalue weighted by atomic mass is 35.5. The van der Waals surface area contributed by atoms with E-state index in [-0.39, 0.29) is 12.4 Å². The Morgan fingerprint density at radius 2 is 1.69 bits per heavy atom. The number of rotatable bonds is 8. The Morgan fingerprint density at radius 1 is 0.923 bits per heavy atom. The summed E-state index contributed by atoms with van der Waals surface area (Å²) in [6, 6.07) is 14.3. The van der Waals surface area contributed by atoms with Gasteiger partial charge in [0.2, 0.25) is 0 Å². The van der Waals surface area contributed by atoms with Crippen LogP contribution < -0.4 is 9.47 Å². The van der Waals surface area contributed by atoms with Crippen LogP contribution in [-0.4, -0.2) is 23.8 Å². The molecule has 0 aliphatic rings. The highest BCUT2D eigenvalue weighted by Gasteiger charge is 2.14. The van der Waals surface area contributed by atoms with Gasteiger partial charge in [0.05, 0.1) is 25.3 Å². The second-order valence-corrected chi connectivity index (χ2v) is 6.21. The first-order chi connectivity index (χ1) is 12.3. The van der Waals surface area contributed by atoms with Crippen molar-refractivity contribution in [2.75, 3.05) is 14.2 Å². The van der Waals surface area contributed by atoms with Crippen LogP contribution in [0.1, 0.15) is 32.6 Å². The number of methoxy groups -OCH3 is 2. The quantitative estimate of drug-likeness (QED) is 0.473. The third-order valence-electron chi connectivity index (χ3n) is 4.53. The normalized spacial score (nSPS) is 10.6. The van der Waals surface area contributed by atoms with Crippen LogP contribution in [0.4, 0.5) is 0 Å². The van der Waals surface area contributed by atoms with Crippen LogP contribution in [0.5, 0.6) is 11.5 Å². The van der Waals surface area contributed by atoms with Crippen LogP contribution in [0.2, 0.25) is 0 Å². The molecule has 0 saturated carbocycles. The van der Waals surface area contributed by atoms with E-state index in [2.05, 4.69) is 29.7 Å². The van der Waals surface area contributed by atoms with Gasteiger partial charge in [-0.05, 0) is 36.8 Å². The summed E-state index contributed by atoms with van der Waals surface area (Å²) in [7, 11) is 3.32. The van der Waals surface area contributed by atoms with Gasteiger partial charge in [-0.1, -0.05) is 38.3 Å². The van der Waals surface area contributed by atoms with Crippen LogP contribution in [0, 0.1) is 0 Å². The molecule has 3 aromatic rings. The number of halogens is 1. The maximum absolute atomic E-state index is 5.46. The number of para-hydroxylation sites is 2. The molecule has 3 rings (SSSR count). The smallest absolute Gasteiger partial charge is 0.161 e. The third kappa shape index (κ3) is 4.13. The zero-order valence-corrected chi connectivity index (χ0v) is 16.5. The van der Waals surface area contributed by atoms with Crippen molar-refractivity contribution < 1.29 is 9.47 Å². The highest BCUT2D eigenvalue weighted by molar-refractivity contribution is 5.85. The summed E-state index contributed by atoms with van der Waals surface area (Å²) >= 11 is 0. The van der Waals surface area contributed by atoms with E-state index in [4.69, 9.17) is 14.5 Å². The number of hydrogen-bond acceptors (Lipinski definition) is 3. The molecular weight excluding hydrogens is 348 g/mol. The lowest BCUT2D eigenvalue weighted by atomic mass is 10.1. The number of imidazole rings is 1. The first-order valence-corrected chi connectivity index (χ1v) is 8.96. The Labute approximate surface area is 161 Å². The van der Waals surface area contributed by atoms with Crippen molar-refractivity contribution >= 4 is 23.4 Å². The van der Waals surface area contributed by atoms with Crippen molar-refractivity contribution in [3.8, 4) is 22.9 Å². The van der Waals surface area contributed by atoms with Gasteiger partial charge < -0.3 is 14.0 Å². The van der Waals surface area contributed by atoms with E-state index in [0.717, 1.165) is 41.4 Å². The zero-order valence-electron chi connectivity index (χ0n) is 15.7. The van der Waals surface area contributed by atoms with Crippen molar-refractivity contribution in [3.05, 3.63) is 42.5 Å². The summed E-state index contributed by atoms with van der Waals surface area (Å²) in [4.78, 5) is 4.88. The van der Waals surface area contributed by atoms with E-state index in [1.165, 1.54) is 24.8 Å². The lowest BCUT2D eigenvalue weighted by molar-refractivity contribution is 0.355. The van der Waals surface area contributed by atoms with Crippen LogP contribution in [0.15, 0.2) is 42.5 Å². The first-order valence-electron chi connectivity index (χ1n) is 8.96. The van der Waals surface area contributed by atoms with Crippen LogP contribution in [0.25, 0.3) is 22.4 Å². The summed E-state index contributed by atoms with van der Waals surface area (Å²) in [5.74, 6) is 2.44. The molecule has 0 aliphatic carbocycles. The topological polar surface area (TPSA) is 36.3 Å². The predicted octanol–water partition coefficient (Wildman–Crippen LogP) is 5.72. The fourth-order valence-electron chi connectivity index (χ4n) is 3.19. The molecule has 26 heavy (non-hydrogen) atoms. The minimum absolute atomic E-state index is 0. The molecule has 0 atom stereocenters. The number of aryl methyl sites for hydroxylation is 1. The van der Waals surface area contributed by atoms with Gasteiger partial charge in [-0.25, -0.2) is 4.98 Å². The van der Waals surface area contributed by atoms with Crippen LogP contribution in [-0.2, 0) is 6.54 Å². The molecule has 140 valence electrons. The number of nitrogens with zero attached hydrogens (tertiary/aromatic N) is 2. The van der Waals surface area contributed by atoms with Crippen molar-refractivity contribution in [2.24, 2.45) is 0 Å². The standard InChI is InChI=1S/C21H26N2O2.ClH/c1-4-5-6-9-14-23-18-11-8-7-10-17(18)22-21(23)16-12-13-19(24-2)20(15-16)25-3;/h7-8,10-13,15H,4-6,9,14H2,1-3H3;1H. The Balaban J connectivity index is 0.00000243.